The van der Waals surface area contributed by atoms with Crippen LogP contribution in [0, 0.1) is 0 Å². The molecule has 0 bridgehead atoms. The third-order valence-corrected chi connectivity index (χ3v) is 4.51. The number of hydrogen-bond donors (Lipinski definition) is 0. The highest BCUT2D eigenvalue weighted by Gasteiger charge is 2.52. The van der Waals surface area contributed by atoms with E-state index >= 15 is 0 Å². The van der Waals surface area contributed by atoms with Crippen molar-refractivity contribution in [2.24, 2.45) is 0 Å². The SMILES string of the molecule is CC(C)N1c2nc(Cl)ncc2-n2cnnc2C12CCC2. The van der Waals surface area contributed by atoms with Gasteiger partial charge in [0.2, 0.25) is 5.28 Å². The molecule has 104 valence electrons. The van der Waals surface area contributed by atoms with E-state index in [-0.39, 0.29) is 10.8 Å². The maximum absolute atomic E-state index is 6.01. The van der Waals surface area contributed by atoms with Gasteiger partial charge in [-0.25, -0.2) is 4.98 Å². The minimum Gasteiger partial charge on any atom is -0.339 e. The van der Waals surface area contributed by atoms with Crippen LogP contribution in [-0.4, -0.2) is 30.8 Å². The molecule has 2 aliphatic rings. The van der Waals surface area contributed by atoms with Gasteiger partial charge in [0, 0.05) is 6.04 Å². The summed E-state index contributed by atoms with van der Waals surface area (Å²) in [7, 11) is 0. The summed E-state index contributed by atoms with van der Waals surface area (Å²) < 4.78 is 2.00. The quantitative estimate of drug-likeness (QED) is 0.754. The Kier molecular flexibility index (Phi) is 2.36. The molecule has 1 aliphatic heterocycles. The summed E-state index contributed by atoms with van der Waals surface area (Å²) in [6.07, 6.45) is 6.84. The second-order valence-electron chi connectivity index (χ2n) is 5.72. The number of halogens is 1. The van der Waals surface area contributed by atoms with Gasteiger partial charge in [-0.15, -0.1) is 10.2 Å². The highest BCUT2D eigenvalue weighted by Crippen LogP contribution is 2.52. The number of hydrogen-bond acceptors (Lipinski definition) is 5. The predicted octanol–water partition coefficient (Wildman–Crippen LogP) is 2.32. The van der Waals surface area contributed by atoms with Crippen molar-refractivity contribution in [3.8, 4) is 5.69 Å². The molecule has 1 aliphatic carbocycles. The molecule has 0 radical (unpaired) electrons. The van der Waals surface area contributed by atoms with Crippen LogP contribution in [0.1, 0.15) is 38.9 Å². The molecular weight excluding hydrogens is 276 g/mol. The fourth-order valence-electron chi connectivity index (χ4n) is 3.45. The Morgan fingerprint density at radius 3 is 2.80 bits per heavy atom. The standard InChI is InChI=1S/C13H15ClN6/c1-8(2)20-10-9(6-15-12(14)17-10)19-7-16-18-11(19)13(20)4-3-5-13/h6-8H,3-5H2,1-2H3. The molecule has 0 N–H and O–H groups in total. The lowest BCUT2D eigenvalue weighted by Gasteiger charge is -2.54. The van der Waals surface area contributed by atoms with E-state index < -0.39 is 0 Å². The molecule has 0 unspecified atom stereocenters. The number of rotatable bonds is 1. The van der Waals surface area contributed by atoms with Crippen molar-refractivity contribution in [1.82, 2.24) is 24.7 Å². The van der Waals surface area contributed by atoms with Gasteiger partial charge in [-0.2, -0.15) is 4.98 Å². The van der Waals surface area contributed by atoms with Crippen molar-refractivity contribution in [1.29, 1.82) is 0 Å². The van der Waals surface area contributed by atoms with Crippen molar-refractivity contribution in [3.05, 3.63) is 23.6 Å². The highest BCUT2D eigenvalue weighted by molar-refractivity contribution is 6.28. The van der Waals surface area contributed by atoms with Crippen LogP contribution >= 0.6 is 11.6 Å². The second-order valence-corrected chi connectivity index (χ2v) is 6.06. The van der Waals surface area contributed by atoms with Crippen LogP contribution in [0.5, 0.6) is 0 Å². The zero-order valence-electron chi connectivity index (χ0n) is 11.4. The second kappa shape index (κ2) is 3.91. The van der Waals surface area contributed by atoms with Crippen LogP contribution in [0.2, 0.25) is 5.28 Å². The Labute approximate surface area is 121 Å². The molecule has 7 heteroatoms. The molecule has 1 fully saturated rings. The number of fused-ring (bicyclic) bond motifs is 4. The van der Waals surface area contributed by atoms with Crippen LogP contribution in [0.3, 0.4) is 0 Å². The van der Waals surface area contributed by atoms with E-state index in [1.165, 1.54) is 6.42 Å². The normalized spacial score (nSPS) is 18.9. The van der Waals surface area contributed by atoms with E-state index in [1.54, 1.807) is 12.5 Å². The molecule has 1 saturated carbocycles. The summed E-state index contributed by atoms with van der Waals surface area (Å²) in [5, 5.41) is 8.74. The first kappa shape index (κ1) is 12.1. The van der Waals surface area contributed by atoms with Crippen molar-refractivity contribution in [2.45, 2.75) is 44.7 Å². The van der Waals surface area contributed by atoms with E-state index in [4.69, 9.17) is 11.6 Å². The van der Waals surface area contributed by atoms with E-state index in [2.05, 4.69) is 38.9 Å². The van der Waals surface area contributed by atoms with Crippen LogP contribution in [0.15, 0.2) is 12.5 Å². The van der Waals surface area contributed by atoms with Crippen molar-refractivity contribution >= 4 is 17.4 Å². The van der Waals surface area contributed by atoms with Gasteiger partial charge in [-0.3, -0.25) is 4.57 Å². The Morgan fingerprint density at radius 1 is 1.35 bits per heavy atom. The van der Waals surface area contributed by atoms with E-state index in [0.717, 1.165) is 30.2 Å². The summed E-state index contributed by atoms with van der Waals surface area (Å²) in [6.45, 7) is 4.35. The van der Waals surface area contributed by atoms with Gasteiger partial charge in [0.15, 0.2) is 11.6 Å². The lowest BCUT2D eigenvalue weighted by Crippen LogP contribution is -2.58. The summed E-state index contributed by atoms with van der Waals surface area (Å²) >= 11 is 6.01. The zero-order valence-corrected chi connectivity index (χ0v) is 12.2. The molecule has 3 heterocycles. The summed E-state index contributed by atoms with van der Waals surface area (Å²) in [6, 6.07) is 0.311. The zero-order chi connectivity index (χ0) is 13.9. The topological polar surface area (TPSA) is 59.7 Å². The summed E-state index contributed by atoms with van der Waals surface area (Å²) in [5.74, 6) is 1.88. The molecule has 0 aromatic carbocycles. The third-order valence-electron chi connectivity index (χ3n) is 4.33. The van der Waals surface area contributed by atoms with Gasteiger partial charge >= 0.3 is 0 Å². The van der Waals surface area contributed by atoms with Gasteiger partial charge in [0.25, 0.3) is 0 Å². The molecule has 0 amide bonds. The monoisotopic (exact) mass is 290 g/mol. The van der Waals surface area contributed by atoms with Crippen LogP contribution in [-0.2, 0) is 5.54 Å². The fourth-order valence-corrected chi connectivity index (χ4v) is 3.58. The lowest BCUT2D eigenvalue weighted by atomic mass is 9.73. The molecule has 2 aromatic heterocycles. The third kappa shape index (κ3) is 1.35. The Balaban J connectivity index is 2.03. The van der Waals surface area contributed by atoms with Crippen molar-refractivity contribution in [3.63, 3.8) is 0 Å². The van der Waals surface area contributed by atoms with Gasteiger partial charge in [0.1, 0.15) is 17.6 Å². The average molecular weight is 291 g/mol. The maximum Gasteiger partial charge on any atom is 0.224 e. The molecule has 2 aromatic rings. The van der Waals surface area contributed by atoms with Gasteiger partial charge in [-0.05, 0) is 44.7 Å². The van der Waals surface area contributed by atoms with Gasteiger partial charge < -0.3 is 4.90 Å². The maximum atomic E-state index is 6.01. The number of nitrogens with zero attached hydrogens (tertiary/aromatic N) is 6. The van der Waals surface area contributed by atoms with Crippen LogP contribution < -0.4 is 4.90 Å². The molecule has 1 spiro atoms. The first-order valence-electron chi connectivity index (χ1n) is 6.86. The van der Waals surface area contributed by atoms with E-state index in [1.807, 2.05) is 4.57 Å². The smallest absolute Gasteiger partial charge is 0.224 e. The molecule has 20 heavy (non-hydrogen) atoms. The first-order chi connectivity index (χ1) is 9.63. The molecule has 0 atom stereocenters. The Hall–Kier alpha value is -1.69. The average Bonchev–Trinajstić information content (AvgIpc) is 2.83. The van der Waals surface area contributed by atoms with E-state index in [0.29, 0.717) is 6.04 Å². The summed E-state index contributed by atoms with van der Waals surface area (Å²) in [5.41, 5.74) is 0.815. The van der Waals surface area contributed by atoms with Crippen molar-refractivity contribution < 1.29 is 0 Å². The highest BCUT2D eigenvalue weighted by atomic mass is 35.5. The largest absolute Gasteiger partial charge is 0.339 e. The minimum absolute atomic E-state index is 0.0879. The molecule has 4 rings (SSSR count). The van der Waals surface area contributed by atoms with Crippen LogP contribution in [0.4, 0.5) is 5.82 Å². The number of anilines is 1. The Morgan fingerprint density at radius 2 is 2.15 bits per heavy atom. The summed E-state index contributed by atoms with van der Waals surface area (Å²) in [4.78, 5) is 10.9. The van der Waals surface area contributed by atoms with Crippen molar-refractivity contribution in [2.75, 3.05) is 4.90 Å². The first-order valence-corrected chi connectivity index (χ1v) is 7.24. The molecule has 0 saturated heterocycles. The number of aromatic nitrogens is 5. The minimum atomic E-state index is -0.0879. The van der Waals surface area contributed by atoms with Gasteiger partial charge in [-0.1, -0.05) is 0 Å². The molecule has 6 nitrogen and oxygen atoms in total. The fraction of sp³-hybridized carbons (Fsp3) is 0.538. The van der Waals surface area contributed by atoms with E-state index in [9.17, 15) is 0 Å². The van der Waals surface area contributed by atoms with Gasteiger partial charge in [0.05, 0.1) is 6.20 Å². The Bertz CT molecular complexity index is 675. The lowest BCUT2D eigenvalue weighted by molar-refractivity contribution is 0.195. The molecular formula is C13H15ClN6. The predicted molar refractivity (Wildman–Crippen MR) is 75.1 cm³/mol. The van der Waals surface area contributed by atoms with Crippen LogP contribution in [0.25, 0.3) is 5.69 Å².